The van der Waals surface area contributed by atoms with Crippen LogP contribution in [0.5, 0.6) is 5.75 Å². The Hall–Kier alpha value is -3.36. The highest BCUT2D eigenvalue weighted by atomic mass is 35.5. The van der Waals surface area contributed by atoms with Gasteiger partial charge in [-0.15, -0.1) is 0 Å². The summed E-state index contributed by atoms with van der Waals surface area (Å²) in [6, 6.07) is 12.9. The molecule has 2 aromatic heterocycles. The fourth-order valence-electron chi connectivity index (χ4n) is 2.96. The molecule has 2 aromatic carbocycles. The second kappa shape index (κ2) is 9.42. The van der Waals surface area contributed by atoms with Gasteiger partial charge in [0.05, 0.1) is 12.1 Å². The van der Waals surface area contributed by atoms with Gasteiger partial charge in [-0.1, -0.05) is 46.6 Å². The van der Waals surface area contributed by atoms with Crippen LogP contribution < -0.4 is 10.1 Å². The van der Waals surface area contributed by atoms with Crippen molar-refractivity contribution in [1.82, 2.24) is 14.9 Å². The van der Waals surface area contributed by atoms with Crippen molar-refractivity contribution in [2.45, 2.75) is 20.1 Å². The van der Waals surface area contributed by atoms with E-state index in [0.29, 0.717) is 28.6 Å². The smallest absolute Gasteiger partial charge is 0.279 e. The van der Waals surface area contributed by atoms with Crippen LogP contribution >= 0.6 is 23.2 Å². The molecule has 32 heavy (non-hydrogen) atoms. The minimum atomic E-state index is -0.541. The van der Waals surface area contributed by atoms with E-state index in [4.69, 9.17) is 32.5 Å². The zero-order chi connectivity index (χ0) is 22.7. The second-order valence-corrected chi connectivity index (χ2v) is 7.76. The summed E-state index contributed by atoms with van der Waals surface area (Å²) in [4.78, 5) is 12.8. The number of ether oxygens (including phenoxy) is 1. The summed E-state index contributed by atoms with van der Waals surface area (Å²) >= 11 is 12.2. The molecule has 0 spiro atoms. The van der Waals surface area contributed by atoms with E-state index >= 15 is 0 Å². The molecule has 0 saturated heterocycles. The molecule has 4 rings (SSSR count). The number of carbonyl (C=O) groups is 1. The summed E-state index contributed by atoms with van der Waals surface area (Å²) in [5.41, 5.74) is 1.38. The van der Waals surface area contributed by atoms with Crippen molar-refractivity contribution in [3.63, 3.8) is 0 Å². The Balaban J connectivity index is 1.46. The van der Waals surface area contributed by atoms with Crippen molar-refractivity contribution < 1.29 is 18.4 Å². The number of hydrogen-bond acceptors (Lipinski definition) is 5. The molecule has 0 aliphatic heterocycles. The van der Waals surface area contributed by atoms with E-state index in [1.165, 1.54) is 12.1 Å². The third kappa shape index (κ3) is 5.09. The summed E-state index contributed by atoms with van der Waals surface area (Å²) in [5, 5.41) is 11.6. The molecule has 0 bridgehead atoms. The Bertz CT molecular complexity index is 1250. The molecule has 1 amide bonds. The van der Waals surface area contributed by atoms with E-state index in [9.17, 15) is 9.18 Å². The highest BCUT2D eigenvalue weighted by Gasteiger charge is 2.22. The van der Waals surface area contributed by atoms with Crippen LogP contribution in [0.25, 0.3) is 0 Å². The lowest BCUT2D eigenvalue weighted by Crippen LogP contribution is -2.16. The zero-order valence-electron chi connectivity index (χ0n) is 16.8. The first-order chi connectivity index (χ1) is 15.4. The number of rotatable bonds is 7. The van der Waals surface area contributed by atoms with E-state index in [0.717, 1.165) is 5.56 Å². The van der Waals surface area contributed by atoms with Gasteiger partial charge in [0.15, 0.2) is 11.5 Å². The van der Waals surface area contributed by atoms with E-state index in [-0.39, 0.29) is 29.0 Å². The highest BCUT2D eigenvalue weighted by Crippen LogP contribution is 2.24. The van der Waals surface area contributed by atoms with Gasteiger partial charge in [-0.2, -0.15) is 5.10 Å². The predicted molar refractivity (Wildman–Crippen MR) is 118 cm³/mol. The molecule has 1 N–H and O–H groups in total. The monoisotopic (exact) mass is 474 g/mol. The molecule has 4 aromatic rings. The van der Waals surface area contributed by atoms with Gasteiger partial charge in [-0.3, -0.25) is 9.48 Å². The van der Waals surface area contributed by atoms with Crippen LogP contribution in [0.3, 0.4) is 0 Å². The van der Waals surface area contributed by atoms with Crippen molar-refractivity contribution in [3.05, 3.63) is 93.2 Å². The Kier molecular flexibility index (Phi) is 6.43. The van der Waals surface area contributed by atoms with Gasteiger partial charge in [0.2, 0.25) is 0 Å². The van der Waals surface area contributed by atoms with Crippen LogP contribution in [-0.4, -0.2) is 20.8 Å². The molecule has 0 radical (unpaired) electrons. The van der Waals surface area contributed by atoms with Crippen LogP contribution in [-0.2, 0) is 13.2 Å². The maximum atomic E-state index is 13.1. The zero-order valence-corrected chi connectivity index (χ0v) is 18.3. The SMILES string of the molecule is Cc1onc(C(=O)Nc2nn(Cc3ccc(F)cc3)cc2Cl)c1COc1cccc(Cl)c1. The quantitative estimate of drug-likeness (QED) is 0.382. The van der Waals surface area contributed by atoms with Crippen LogP contribution in [0.1, 0.15) is 27.4 Å². The van der Waals surface area contributed by atoms with Crippen molar-refractivity contribution >= 4 is 34.9 Å². The van der Waals surface area contributed by atoms with E-state index in [2.05, 4.69) is 15.6 Å². The van der Waals surface area contributed by atoms with E-state index < -0.39 is 5.91 Å². The number of aryl methyl sites for hydroxylation is 1. The molecule has 0 fully saturated rings. The number of hydrogen-bond donors (Lipinski definition) is 1. The van der Waals surface area contributed by atoms with Gasteiger partial charge in [-0.05, 0) is 42.8 Å². The minimum absolute atomic E-state index is 0.0607. The minimum Gasteiger partial charge on any atom is -0.489 e. The lowest BCUT2D eigenvalue weighted by atomic mass is 10.2. The Morgan fingerprint density at radius 2 is 2.00 bits per heavy atom. The van der Waals surface area contributed by atoms with Crippen molar-refractivity contribution in [1.29, 1.82) is 0 Å². The Labute approximate surface area is 192 Å². The standard InChI is InChI=1S/C22H17Cl2FN4O3/c1-13-18(12-31-17-4-2-3-15(23)9-17)20(28-32-13)22(30)26-21-19(24)11-29(27-21)10-14-5-7-16(25)8-6-14/h2-9,11H,10,12H2,1H3,(H,26,27,30). The number of aromatic nitrogens is 3. The van der Waals surface area contributed by atoms with Gasteiger partial charge in [-0.25, -0.2) is 4.39 Å². The number of benzene rings is 2. The maximum Gasteiger partial charge on any atom is 0.279 e. The summed E-state index contributed by atoms with van der Waals surface area (Å²) in [7, 11) is 0. The molecule has 0 saturated carbocycles. The first-order valence-electron chi connectivity index (χ1n) is 9.51. The average Bonchev–Trinajstić information content (AvgIpc) is 3.30. The van der Waals surface area contributed by atoms with Crippen LogP contribution in [0, 0.1) is 12.7 Å². The average molecular weight is 475 g/mol. The third-order valence-corrected chi connectivity index (χ3v) is 5.10. The molecule has 7 nitrogen and oxygen atoms in total. The molecule has 10 heteroatoms. The topological polar surface area (TPSA) is 82.2 Å². The number of carbonyl (C=O) groups excluding carboxylic acids is 1. The Morgan fingerprint density at radius 3 is 2.75 bits per heavy atom. The molecule has 0 aliphatic carbocycles. The van der Waals surface area contributed by atoms with Crippen molar-refractivity contribution in [3.8, 4) is 5.75 Å². The second-order valence-electron chi connectivity index (χ2n) is 6.92. The van der Waals surface area contributed by atoms with Crippen LogP contribution in [0.2, 0.25) is 10.0 Å². The van der Waals surface area contributed by atoms with E-state index in [1.807, 2.05) is 0 Å². The number of nitrogens with zero attached hydrogens (tertiary/aromatic N) is 3. The maximum absolute atomic E-state index is 13.1. The fraction of sp³-hybridized carbons (Fsp3) is 0.136. The van der Waals surface area contributed by atoms with Gasteiger partial charge in [0.1, 0.15) is 29.0 Å². The lowest BCUT2D eigenvalue weighted by molar-refractivity contribution is 0.101. The molecule has 164 valence electrons. The number of halogens is 3. The molecular formula is C22H17Cl2FN4O3. The fourth-order valence-corrected chi connectivity index (χ4v) is 3.34. The Morgan fingerprint density at radius 1 is 1.22 bits per heavy atom. The first-order valence-corrected chi connectivity index (χ1v) is 10.3. The normalized spacial score (nSPS) is 10.9. The summed E-state index contributed by atoms with van der Waals surface area (Å²) in [6.07, 6.45) is 1.57. The molecule has 0 unspecified atom stereocenters. The number of amides is 1. The summed E-state index contributed by atoms with van der Waals surface area (Å²) < 4.78 is 25.5. The van der Waals surface area contributed by atoms with Gasteiger partial charge in [0, 0.05) is 11.2 Å². The molecular weight excluding hydrogens is 458 g/mol. The third-order valence-electron chi connectivity index (χ3n) is 4.59. The molecule has 2 heterocycles. The number of nitrogens with one attached hydrogen (secondary N) is 1. The molecule has 0 aliphatic rings. The predicted octanol–water partition coefficient (Wildman–Crippen LogP) is 5.51. The number of anilines is 1. The van der Waals surface area contributed by atoms with Crippen LogP contribution in [0.4, 0.5) is 10.2 Å². The lowest BCUT2D eigenvalue weighted by Gasteiger charge is -2.07. The van der Waals surface area contributed by atoms with Crippen molar-refractivity contribution in [2.75, 3.05) is 5.32 Å². The van der Waals surface area contributed by atoms with Gasteiger partial charge in [0.25, 0.3) is 5.91 Å². The summed E-state index contributed by atoms with van der Waals surface area (Å²) in [6.45, 7) is 2.10. The first kappa shape index (κ1) is 21.9. The van der Waals surface area contributed by atoms with Gasteiger partial charge >= 0.3 is 0 Å². The molecule has 0 atom stereocenters. The van der Waals surface area contributed by atoms with Crippen LogP contribution in [0.15, 0.2) is 59.3 Å². The van der Waals surface area contributed by atoms with Crippen molar-refractivity contribution in [2.24, 2.45) is 0 Å². The highest BCUT2D eigenvalue weighted by molar-refractivity contribution is 6.33. The largest absolute Gasteiger partial charge is 0.489 e. The van der Waals surface area contributed by atoms with E-state index in [1.54, 1.807) is 54.2 Å². The van der Waals surface area contributed by atoms with Gasteiger partial charge < -0.3 is 14.6 Å². The summed E-state index contributed by atoms with van der Waals surface area (Å²) in [5.74, 6) is 0.303.